The molecule has 0 nitrogen and oxygen atoms in total. The van der Waals surface area contributed by atoms with Crippen LogP contribution in [0.2, 0.25) is 0 Å². The molecule has 0 bridgehead atoms. The van der Waals surface area contributed by atoms with Crippen LogP contribution in [0.25, 0.3) is 86.2 Å². The second-order valence-electron chi connectivity index (χ2n) is 11.7. The maximum Gasteiger partial charge on any atom is 0.0434 e. The van der Waals surface area contributed by atoms with Gasteiger partial charge in [0.05, 0.1) is 0 Å². The van der Waals surface area contributed by atoms with Crippen molar-refractivity contribution in [2.45, 2.75) is 0 Å². The summed E-state index contributed by atoms with van der Waals surface area (Å²) in [6.45, 7) is 0. The van der Waals surface area contributed by atoms with Crippen LogP contribution in [0.4, 0.5) is 0 Å². The summed E-state index contributed by atoms with van der Waals surface area (Å²) in [6, 6.07) is 62.3. The van der Waals surface area contributed by atoms with Crippen LogP contribution in [0.5, 0.6) is 0 Å². The lowest BCUT2D eigenvalue weighted by molar-refractivity contribution is 1.58. The Morgan fingerprint density at radius 2 is 0.844 bits per heavy atom. The van der Waals surface area contributed by atoms with E-state index in [0.29, 0.717) is 0 Å². The SMILES string of the molecule is c1ccc(-c2cc(-c3ccc4ccc(-c5ccccc5)cc4c3)cc(-c3cccc4c3ccc3c5ccccc5sc43)c2)cc1. The molecule has 0 aliphatic heterocycles. The molecule has 9 aromatic rings. The topological polar surface area (TPSA) is 0 Å². The van der Waals surface area contributed by atoms with Gasteiger partial charge in [0, 0.05) is 25.6 Å². The lowest BCUT2D eigenvalue weighted by Crippen LogP contribution is -1.88. The van der Waals surface area contributed by atoms with Crippen LogP contribution in [0.15, 0.2) is 170 Å². The van der Waals surface area contributed by atoms with Crippen molar-refractivity contribution < 1.29 is 0 Å². The predicted molar refractivity (Wildman–Crippen MR) is 196 cm³/mol. The third-order valence-corrected chi connectivity index (χ3v) is 10.3. The molecule has 0 N–H and O–H groups in total. The number of hydrogen-bond acceptors (Lipinski definition) is 1. The fraction of sp³-hybridized carbons (Fsp3) is 0. The Bertz CT molecular complexity index is 2520. The van der Waals surface area contributed by atoms with Gasteiger partial charge in [-0.05, 0) is 97.1 Å². The average Bonchev–Trinajstić information content (AvgIpc) is 3.51. The molecule has 0 aliphatic carbocycles. The normalized spacial score (nSPS) is 11.6. The third-order valence-electron chi connectivity index (χ3n) is 9.03. The molecule has 0 unspecified atom stereocenters. The summed E-state index contributed by atoms with van der Waals surface area (Å²) in [7, 11) is 0. The monoisotopic (exact) mass is 588 g/mol. The van der Waals surface area contributed by atoms with Gasteiger partial charge in [0.15, 0.2) is 0 Å². The van der Waals surface area contributed by atoms with E-state index < -0.39 is 0 Å². The van der Waals surface area contributed by atoms with E-state index in [2.05, 4.69) is 170 Å². The molecule has 1 heterocycles. The molecular formula is C44H28S. The molecule has 9 rings (SSSR count). The number of thiophene rings is 1. The van der Waals surface area contributed by atoms with Crippen LogP contribution in [0.1, 0.15) is 0 Å². The fourth-order valence-electron chi connectivity index (χ4n) is 6.78. The van der Waals surface area contributed by atoms with E-state index >= 15 is 0 Å². The van der Waals surface area contributed by atoms with E-state index in [1.165, 1.54) is 86.2 Å². The first kappa shape index (κ1) is 25.9. The van der Waals surface area contributed by atoms with Crippen LogP contribution in [-0.4, -0.2) is 0 Å². The van der Waals surface area contributed by atoms with E-state index in [1.807, 2.05) is 11.3 Å². The van der Waals surface area contributed by atoms with Crippen molar-refractivity contribution in [1.82, 2.24) is 0 Å². The zero-order valence-corrected chi connectivity index (χ0v) is 25.4. The zero-order valence-electron chi connectivity index (χ0n) is 24.6. The van der Waals surface area contributed by atoms with Crippen molar-refractivity contribution in [3.8, 4) is 44.5 Å². The maximum absolute atomic E-state index is 2.37. The van der Waals surface area contributed by atoms with Gasteiger partial charge in [-0.2, -0.15) is 0 Å². The first-order valence-electron chi connectivity index (χ1n) is 15.4. The first-order chi connectivity index (χ1) is 22.3. The second kappa shape index (κ2) is 10.6. The van der Waals surface area contributed by atoms with Crippen molar-refractivity contribution in [2.24, 2.45) is 0 Å². The van der Waals surface area contributed by atoms with E-state index in [9.17, 15) is 0 Å². The van der Waals surface area contributed by atoms with Gasteiger partial charge in [0.1, 0.15) is 0 Å². The standard InChI is InChI=1S/C44H28S/c1-3-10-29(11-4-1)32-20-18-31-19-21-33(25-34(31)24-32)36-26-35(30-12-5-2-6-13-30)27-37(28-36)38-15-9-16-41-39(38)22-23-42-40-14-7-8-17-43(40)45-44(41)42/h1-28H. The van der Waals surface area contributed by atoms with Gasteiger partial charge in [-0.25, -0.2) is 0 Å². The minimum atomic E-state index is 1.22. The van der Waals surface area contributed by atoms with Gasteiger partial charge >= 0.3 is 0 Å². The quantitative estimate of drug-likeness (QED) is 0.192. The molecule has 0 saturated heterocycles. The molecule has 8 aromatic carbocycles. The van der Waals surface area contributed by atoms with Gasteiger partial charge in [0.2, 0.25) is 0 Å². The van der Waals surface area contributed by atoms with Crippen LogP contribution < -0.4 is 0 Å². The Labute approximate surface area is 266 Å². The predicted octanol–water partition coefficient (Wildman–Crippen LogP) is 13.0. The molecular weight excluding hydrogens is 561 g/mol. The summed E-state index contributed by atoms with van der Waals surface area (Å²) in [5, 5.41) is 7.78. The number of hydrogen-bond donors (Lipinski definition) is 0. The molecule has 1 aromatic heterocycles. The Hall–Kier alpha value is -5.50. The van der Waals surface area contributed by atoms with Gasteiger partial charge in [-0.1, -0.05) is 133 Å². The second-order valence-corrected chi connectivity index (χ2v) is 12.8. The molecule has 1 heteroatoms. The fourth-order valence-corrected chi connectivity index (χ4v) is 8.01. The summed E-state index contributed by atoms with van der Waals surface area (Å²) in [5.41, 5.74) is 9.86. The summed E-state index contributed by atoms with van der Waals surface area (Å²) in [5.74, 6) is 0. The molecule has 0 atom stereocenters. The van der Waals surface area contributed by atoms with Crippen LogP contribution >= 0.6 is 11.3 Å². The lowest BCUT2D eigenvalue weighted by atomic mass is 9.90. The molecule has 0 aliphatic rings. The summed E-state index contributed by atoms with van der Waals surface area (Å²) in [6.07, 6.45) is 0. The average molecular weight is 589 g/mol. The van der Waals surface area contributed by atoms with E-state index in [1.54, 1.807) is 0 Å². The van der Waals surface area contributed by atoms with Crippen LogP contribution in [0.3, 0.4) is 0 Å². The molecule has 45 heavy (non-hydrogen) atoms. The summed E-state index contributed by atoms with van der Waals surface area (Å²) >= 11 is 1.90. The summed E-state index contributed by atoms with van der Waals surface area (Å²) in [4.78, 5) is 0. The van der Waals surface area contributed by atoms with Crippen molar-refractivity contribution in [2.75, 3.05) is 0 Å². The molecule has 0 saturated carbocycles. The Morgan fingerprint density at radius 3 is 1.60 bits per heavy atom. The number of fused-ring (bicyclic) bond motifs is 6. The third kappa shape index (κ3) is 4.52. The van der Waals surface area contributed by atoms with Gasteiger partial charge in [-0.3, -0.25) is 0 Å². The van der Waals surface area contributed by atoms with E-state index in [0.717, 1.165) is 0 Å². The van der Waals surface area contributed by atoms with Crippen molar-refractivity contribution in [1.29, 1.82) is 0 Å². The largest absolute Gasteiger partial charge is 0.135 e. The Kier molecular flexibility index (Phi) is 6.11. The van der Waals surface area contributed by atoms with Crippen molar-refractivity contribution in [3.63, 3.8) is 0 Å². The molecule has 0 spiro atoms. The van der Waals surface area contributed by atoms with Gasteiger partial charge in [0.25, 0.3) is 0 Å². The zero-order chi connectivity index (χ0) is 29.7. The summed E-state index contributed by atoms with van der Waals surface area (Å²) < 4.78 is 2.70. The maximum atomic E-state index is 2.37. The highest BCUT2D eigenvalue weighted by Gasteiger charge is 2.14. The van der Waals surface area contributed by atoms with Gasteiger partial charge in [-0.15, -0.1) is 11.3 Å². The minimum Gasteiger partial charge on any atom is -0.135 e. The minimum absolute atomic E-state index is 1.22. The molecule has 0 amide bonds. The Balaban J connectivity index is 1.25. The van der Waals surface area contributed by atoms with Crippen molar-refractivity contribution >= 4 is 53.1 Å². The lowest BCUT2D eigenvalue weighted by Gasteiger charge is -2.14. The highest BCUT2D eigenvalue weighted by Crippen LogP contribution is 2.42. The van der Waals surface area contributed by atoms with E-state index in [-0.39, 0.29) is 0 Å². The number of benzene rings is 8. The molecule has 0 radical (unpaired) electrons. The van der Waals surface area contributed by atoms with E-state index in [4.69, 9.17) is 0 Å². The number of rotatable bonds is 4. The molecule has 210 valence electrons. The van der Waals surface area contributed by atoms with Crippen molar-refractivity contribution in [3.05, 3.63) is 170 Å². The smallest absolute Gasteiger partial charge is 0.0434 e. The highest BCUT2D eigenvalue weighted by atomic mass is 32.1. The first-order valence-corrected chi connectivity index (χ1v) is 16.2. The molecule has 0 fully saturated rings. The van der Waals surface area contributed by atoms with Crippen LogP contribution in [-0.2, 0) is 0 Å². The Morgan fingerprint density at radius 1 is 0.289 bits per heavy atom. The van der Waals surface area contributed by atoms with Gasteiger partial charge < -0.3 is 0 Å². The highest BCUT2D eigenvalue weighted by molar-refractivity contribution is 7.26. The van der Waals surface area contributed by atoms with Crippen LogP contribution in [0, 0.1) is 0 Å².